The van der Waals surface area contributed by atoms with Crippen LogP contribution >= 0.6 is 23.2 Å². The fraction of sp³-hybridized carbons (Fsp3) is 0.500. The molecule has 0 unspecified atom stereocenters. The molecule has 0 saturated carbocycles. The van der Waals surface area contributed by atoms with E-state index in [2.05, 4.69) is 9.97 Å². The summed E-state index contributed by atoms with van der Waals surface area (Å²) in [6, 6.07) is 0.266. The summed E-state index contributed by atoms with van der Waals surface area (Å²) in [6.07, 6.45) is 0.0247. The molecule has 0 amide bonds. The Hall–Kier alpha value is -0.540. The molecule has 1 aromatic rings. The maximum atomic E-state index is 5.77. The van der Waals surface area contributed by atoms with Crippen molar-refractivity contribution in [3.63, 3.8) is 0 Å². The summed E-state index contributed by atoms with van der Waals surface area (Å²) >= 11 is 11.5. The van der Waals surface area contributed by atoms with Crippen LogP contribution in [0.3, 0.4) is 0 Å². The standard InChI is InChI=1S/C8H10Cl2N2O/c1-4(2)13-8-11-5(3)6(9)7(10)12-8/h4H,1-3H3. The van der Waals surface area contributed by atoms with Crippen molar-refractivity contribution in [1.29, 1.82) is 0 Å². The Morgan fingerprint density at radius 2 is 1.85 bits per heavy atom. The average molecular weight is 221 g/mol. The predicted molar refractivity (Wildman–Crippen MR) is 52.6 cm³/mol. The molecule has 5 heteroatoms. The first-order valence-electron chi connectivity index (χ1n) is 3.87. The molecule has 1 rings (SSSR count). The second kappa shape index (κ2) is 4.11. The van der Waals surface area contributed by atoms with E-state index in [-0.39, 0.29) is 17.3 Å². The van der Waals surface area contributed by atoms with Gasteiger partial charge in [-0.1, -0.05) is 23.2 Å². The van der Waals surface area contributed by atoms with E-state index in [9.17, 15) is 0 Å². The van der Waals surface area contributed by atoms with Crippen molar-refractivity contribution in [3.05, 3.63) is 15.9 Å². The molecule has 0 N–H and O–H groups in total. The van der Waals surface area contributed by atoms with Crippen LogP contribution in [-0.4, -0.2) is 16.1 Å². The van der Waals surface area contributed by atoms with Crippen LogP contribution in [0.15, 0.2) is 0 Å². The number of hydrogen-bond acceptors (Lipinski definition) is 3. The molecule has 0 fully saturated rings. The van der Waals surface area contributed by atoms with E-state index in [4.69, 9.17) is 27.9 Å². The van der Waals surface area contributed by atoms with Crippen molar-refractivity contribution < 1.29 is 4.74 Å². The van der Waals surface area contributed by atoms with Gasteiger partial charge < -0.3 is 4.74 Å². The topological polar surface area (TPSA) is 35.0 Å². The second-order valence-electron chi connectivity index (χ2n) is 2.86. The lowest BCUT2D eigenvalue weighted by molar-refractivity contribution is 0.221. The van der Waals surface area contributed by atoms with Gasteiger partial charge in [0, 0.05) is 0 Å². The summed E-state index contributed by atoms with van der Waals surface area (Å²) in [4.78, 5) is 7.90. The van der Waals surface area contributed by atoms with Crippen LogP contribution in [0.4, 0.5) is 0 Å². The van der Waals surface area contributed by atoms with Crippen LogP contribution in [0.1, 0.15) is 19.5 Å². The van der Waals surface area contributed by atoms with Gasteiger partial charge in [0.05, 0.1) is 16.8 Å². The lowest BCUT2D eigenvalue weighted by Crippen LogP contribution is -2.09. The van der Waals surface area contributed by atoms with E-state index < -0.39 is 0 Å². The van der Waals surface area contributed by atoms with Crippen LogP contribution < -0.4 is 4.74 Å². The van der Waals surface area contributed by atoms with Crippen molar-refractivity contribution in [2.24, 2.45) is 0 Å². The highest BCUT2D eigenvalue weighted by molar-refractivity contribution is 6.41. The number of ether oxygens (including phenoxy) is 1. The largest absolute Gasteiger partial charge is 0.461 e. The third-order valence-electron chi connectivity index (χ3n) is 1.30. The highest BCUT2D eigenvalue weighted by Gasteiger charge is 2.09. The van der Waals surface area contributed by atoms with Gasteiger partial charge in [-0.3, -0.25) is 0 Å². The molecule has 1 heterocycles. The summed E-state index contributed by atoms with van der Waals surface area (Å²) in [6.45, 7) is 5.53. The Morgan fingerprint density at radius 1 is 1.23 bits per heavy atom. The van der Waals surface area contributed by atoms with Crippen LogP contribution in [0.2, 0.25) is 10.2 Å². The Balaban J connectivity index is 2.99. The molecule has 72 valence electrons. The Morgan fingerprint density at radius 3 is 2.31 bits per heavy atom. The maximum Gasteiger partial charge on any atom is 0.318 e. The van der Waals surface area contributed by atoms with Crippen molar-refractivity contribution in [2.45, 2.75) is 26.9 Å². The Kier molecular flexibility index (Phi) is 3.33. The average Bonchev–Trinajstić information content (AvgIpc) is 1.98. The van der Waals surface area contributed by atoms with Crippen molar-refractivity contribution in [3.8, 4) is 6.01 Å². The SMILES string of the molecule is Cc1nc(OC(C)C)nc(Cl)c1Cl. The Labute approximate surface area is 87.1 Å². The zero-order valence-electron chi connectivity index (χ0n) is 7.64. The van der Waals surface area contributed by atoms with Crippen molar-refractivity contribution in [2.75, 3.05) is 0 Å². The van der Waals surface area contributed by atoms with Crippen LogP contribution in [0.5, 0.6) is 6.01 Å². The minimum Gasteiger partial charge on any atom is -0.461 e. The predicted octanol–water partition coefficient (Wildman–Crippen LogP) is 2.88. The van der Waals surface area contributed by atoms with Gasteiger partial charge in [0.25, 0.3) is 0 Å². The quantitative estimate of drug-likeness (QED) is 0.720. The van der Waals surface area contributed by atoms with Gasteiger partial charge in [0.1, 0.15) is 0 Å². The molecule has 0 aromatic carbocycles. The molecule has 0 bridgehead atoms. The van der Waals surface area contributed by atoms with E-state index in [1.54, 1.807) is 6.92 Å². The zero-order valence-corrected chi connectivity index (χ0v) is 9.15. The van der Waals surface area contributed by atoms with E-state index in [1.807, 2.05) is 13.8 Å². The fourth-order valence-electron chi connectivity index (χ4n) is 0.763. The molecule has 0 aliphatic heterocycles. The third-order valence-corrected chi connectivity index (χ3v) is 2.12. The van der Waals surface area contributed by atoms with Crippen molar-refractivity contribution in [1.82, 2.24) is 9.97 Å². The molecule has 0 spiro atoms. The first kappa shape index (κ1) is 10.5. The van der Waals surface area contributed by atoms with Crippen LogP contribution in [0.25, 0.3) is 0 Å². The van der Waals surface area contributed by atoms with Crippen LogP contribution in [-0.2, 0) is 0 Å². The highest BCUT2D eigenvalue weighted by atomic mass is 35.5. The molecule has 0 aliphatic rings. The number of rotatable bonds is 2. The number of aromatic nitrogens is 2. The highest BCUT2D eigenvalue weighted by Crippen LogP contribution is 2.24. The van der Waals surface area contributed by atoms with Gasteiger partial charge in [0.15, 0.2) is 5.15 Å². The summed E-state index contributed by atoms with van der Waals surface area (Å²) in [5, 5.41) is 0.600. The van der Waals surface area contributed by atoms with Gasteiger partial charge in [0.2, 0.25) is 0 Å². The first-order valence-corrected chi connectivity index (χ1v) is 4.62. The minimum atomic E-state index is 0.0247. The summed E-state index contributed by atoms with van der Waals surface area (Å²) in [5.74, 6) is 0. The van der Waals surface area contributed by atoms with E-state index in [1.165, 1.54) is 0 Å². The molecule has 0 aliphatic carbocycles. The maximum absolute atomic E-state index is 5.77. The van der Waals surface area contributed by atoms with E-state index in [0.29, 0.717) is 10.7 Å². The molecule has 1 aromatic heterocycles. The number of aryl methyl sites for hydroxylation is 1. The van der Waals surface area contributed by atoms with Crippen LogP contribution in [0, 0.1) is 6.92 Å². The lowest BCUT2D eigenvalue weighted by Gasteiger charge is -2.08. The molecule has 0 atom stereocenters. The van der Waals surface area contributed by atoms with Gasteiger partial charge >= 0.3 is 6.01 Å². The monoisotopic (exact) mass is 220 g/mol. The minimum absolute atomic E-state index is 0.0247. The molecule has 0 radical (unpaired) electrons. The summed E-state index contributed by atoms with van der Waals surface area (Å²) in [7, 11) is 0. The summed E-state index contributed by atoms with van der Waals surface area (Å²) in [5.41, 5.74) is 0.623. The number of halogens is 2. The van der Waals surface area contributed by atoms with Crippen molar-refractivity contribution >= 4 is 23.2 Å². The third kappa shape index (κ3) is 2.71. The van der Waals surface area contributed by atoms with E-state index >= 15 is 0 Å². The van der Waals surface area contributed by atoms with Gasteiger partial charge in [-0.2, -0.15) is 9.97 Å². The number of nitrogens with zero attached hydrogens (tertiary/aromatic N) is 2. The lowest BCUT2D eigenvalue weighted by atomic mass is 10.4. The molecule has 3 nitrogen and oxygen atoms in total. The first-order chi connectivity index (χ1) is 6.00. The zero-order chi connectivity index (χ0) is 10.0. The number of hydrogen-bond donors (Lipinski definition) is 0. The normalized spacial score (nSPS) is 10.6. The molecular weight excluding hydrogens is 211 g/mol. The van der Waals surface area contributed by atoms with E-state index in [0.717, 1.165) is 0 Å². The smallest absolute Gasteiger partial charge is 0.318 e. The van der Waals surface area contributed by atoms with Gasteiger partial charge in [-0.25, -0.2) is 0 Å². The summed E-state index contributed by atoms with van der Waals surface area (Å²) < 4.78 is 5.27. The van der Waals surface area contributed by atoms with Gasteiger partial charge in [-0.15, -0.1) is 0 Å². The van der Waals surface area contributed by atoms with Gasteiger partial charge in [-0.05, 0) is 20.8 Å². The molecular formula is C8H10Cl2N2O. The Bertz CT molecular complexity index is 292. The fourth-order valence-corrected chi connectivity index (χ4v) is 1.06. The molecule has 0 saturated heterocycles. The molecule has 13 heavy (non-hydrogen) atoms. The second-order valence-corrected chi connectivity index (χ2v) is 3.60.